The Balaban J connectivity index is 1.58. The number of nitrogens with zero attached hydrogens (tertiary/aromatic N) is 2. The van der Waals surface area contributed by atoms with E-state index >= 15 is 0 Å². The molecule has 0 aromatic heterocycles. The maximum absolute atomic E-state index is 2.57. The summed E-state index contributed by atoms with van der Waals surface area (Å²) in [5, 5.41) is 0. The summed E-state index contributed by atoms with van der Waals surface area (Å²) in [6.45, 7) is 8.09. The molecule has 1 unspecified atom stereocenters. The summed E-state index contributed by atoms with van der Waals surface area (Å²) < 4.78 is 0. The van der Waals surface area contributed by atoms with E-state index in [1.54, 1.807) is 0 Å². The maximum atomic E-state index is 2.57. The highest BCUT2D eigenvalue weighted by Crippen LogP contribution is 2.23. The van der Waals surface area contributed by atoms with Crippen LogP contribution in [0.2, 0.25) is 0 Å². The average molecular weight is 399 g/mol. The van der Waals surface area contributed by atoms with Crippen molar-refractivity contribution in [1.29, 1.82) is 0 Å². The van der Waals surface area contributed by atoms with E-state index < -0.39 is 0 Å². The van der Waals surface area contributed by atoms with Crippen LogP contribution in [0.1, 0.15) is 103 Å². The van der Waals surface area contributed by atoms with Gasteiger partial charge in [-0.1, -0.05) is 108 Å². The Morgan fingerprint density at radius 2 is 1.28 bits per heavy atom. The Bertz CT molecular complexity index is 537. The van der Waals surface area contributed by atoms with Gasteiger partial charge in [-0.2, -0.15) is 0 Å². The van der Waals surface area contributed by atoms with Crippen LogP contribution in [0.15, 0.2) is 42.7 Å². The summed E-state index contributed by atoms with van der Waals surface area (Å²) in [5.74, 6) is 0. The van der Waals surface area contributed by atoms with Gasteiger partial charge in [-0.05, 0) is 25.8 Å². The molecule has 1 heterocycles. The molecule has 1 atom stereocenters. The predicted molar refractivity (Wildman–Crippen MR) is 128 cm³/mol. The number of rotatable bonds is 16. The quantitative estimate of drug-likeness (QED) is 0.263. The average Bonchev–Trinajstić information content (AvgIpc) is 3.12. The lowest BCUT2D eigenvalue weighted by molar-refractivity contribution is 0.125. The van der Waals surface area contributed by atoms with E-state index in [0.717, 1.165) is 6.42 Å². The first-order chi connectivity index (χ1) is 14.2. The molecule has 0 aliphatic carbocycles. The number of benzene rings is 1. The van der Waals surface area contributed by atoms with Crippen LogP contribution in [0, 0.1) is 0 Å². The molecular formula is C27H46N2. The number of unbranched alkanes of at least 4 members (excludes halogenated alkanes) is 11. The van der Waals surface area contributed by atoms with Crippen LogP contribution < -0.4 is 0 Å². The van der Waals surface area contributed by atoms with Crippen molar-refractivity contribution in [3.63, 3.8) is 0 Å². The van der Waals surface area contributed by atoms with Crippen LogP contribution >= 0.6 is 0 Å². The van der Waals surface area contributed by atoms with Crippen LogP contribution in [0.5, 0.6) is 0 Å². The highest BCUT2D eigenvalue weighted by molar-refractivity contribution is 5.17. The fourth-order valence-electron chi connectivity index (χ4n) is 4.46. The molecular weight excluding hydrogens is 352 g/mol. The second kappa shape index (κ2) is 14.5. The van der Waals surface area contributed by atoms with E-state index in [1.807, 2.05) is 0 Å². The summed E-state index contributed by atoms with van der Waals surface area (Å²) in [5.41, 5.74) is 1.44. The van der Waals surface area contributed by atoms with Crippen LogP contribution in [0.3, 0.4) is 0 Å². The van der Waals surface area contributed by atoms with Crippen LogP contribution in [0.4, 0.5) is 0 Å². The fourth-order valence-corrected chi connectivity index (χ4v) is 4.46. The Morgan fingerprint density at radius 3 is 1.83 bits per heavy atom. The Morgan fingerprint density at radius 1 is 0.724 bits per heavy atom. The molecule has 0 saturated carbocycles. The largest absolute Gasteiger partial charge is 0.356 e. The zero-order valence-electron chi connectivity index (χ0n) is 19.5. The fraction of sp³-hybridized carbons (Fsp3) is 0.704. The predicted octanol–water partition coefficient (Wildman–Crippen LogP) is 7.75. The van der Waals surface area contributed by atoms with Gasteiger partial charge in [-0.15, -0.1) is 0 Å². The van der Waals surface area contributed by atoms with Gasteiger partial charge < -0.3 is 9.80 Å². The molecule has 0 radical (unpaired) electrons. The molecule has 0 N–H and O–H groups in total. The van der Waals surface area contributed by atoms with Crippen molar-refractivity contribution in [2.75, 3.05) is 6.54 Å². The van der Waals surface area contributed by atoms with E-state index in [4.69, 9.17) is 0 Å². The third-order valence-corrected chi connectivity index (χ3v) is 6.28. The molecule has 1 aromatic carbocycles. The van der Waals surface area contributed by atoms with Crippen LogP contribution in [-0.4, -0.2) is 28.6 Å². The second-order valence-corrected chi connectivity index (χ2v) is 9.14. The molecule has 1 aromatic rings. The highest BCUT2D eigenvalue weighted by Gasteiger charge is 2.27. The first kappa shape index (κ1) is 23.8. The summed E-state index contributed by atoms with van der Waals surface area (Å²) in [6, 6.07) is 11.5. The Kier molecular flexibility index (Phi) is 11.9. The summed E-state index contributed by atoms with van der Waals surface area (Å²) >= 11 is 0. The van der Waals surface area contributed by atoms with Gasteiger partial charge >= 0.3 is 0 Å². The van der Waals surface area contributed by atoms with Crippen LogP contribution in [-0.2, 0) is 6.42 Å². The van der Waals surface area contributed by atoms with E-state index in [-0.39, 0.29) is 0 Å². The van der Waals surface area contributed by atoms with Crippen molar-refractivity contribution < 1.29 is 0 Å². The lowest BCUT2D eigenvalue weighted by Gasteiger charge is -2.35. The van der Waals surface area contributed by atoms with E-state index in [9.17, 15) is 0 Å². The Labute approximate surface area is 181 Å². The van der Waals surface area contributed by atoms with Gasteiger partial charge in [0, 0.05) is 31.4 Å². The molecule has 164 valence electrons. The normalized spacial score (nSPS) is 16.3. The Hall–Kier alpha value is -1.44. The van der Waals surface area contributed by atoms with Gasteiger partial charge in [0.15, 0.2) is 0 Å². The maximum Gasteiger partial charge on any atom is 0.105 e. The molecule has 1 aliphatic rings. The first-order valence-electron chi connectivity index (χ1n) is 12.5. The number of hydrogen-bond acceptors (Lipinski definition) is 2. The van der Waals surface area contributed by atoms with E-state index in [1.165, 1.54) is 89.2 Å². The molecule has 1 aliphatic heterocycles. The summed E-state index contributed by atoms with van der Waals surface area (Å²) in [6.07, 6.45) is 23.2. The molecule has 0 saturated heterocycles. The van der Waals surface area contributed by atoms with Crippen molar-refractivity contribution >= 4 is 0 Å². The molecule has 0 bridgehead atoms. The van der Waals surface area contributed by atoms with Crippen molar-refractivity contribution in [2.24, 2.45) is 0 Å². The van der Waals surface area contributed by atoms with Crippen molar-refractivity contribution in [2.45, 2.75) is 116 Å². The van der Waals surface area contributed by atoms with Crippen LogP contribution in [0.25, 0.3) is 0 Å². The minimum atomic E-state index is 0.477. The summed E-state index contributed by atoms with van der Waals surface area (Å²) in [4.78, 5) is 5.09. The molecule has 29 heavy (non-hydrogen) atoms. The van der Waals surface area contributed by atoms with Gasteiger partial charge in [-0.3, -0.25) is 0 Å². The smallest absolute Gasteiger partial charge is 0.105 e. The minimum Gasteiger partial charge on any atom is -0.356 e. The zero-order chi connectivity index (χ0) is 20.7. The molecule has 2 rings (SSSR count). The lowest BCUT2D eigenvalue weighted by Crippen LogP contribution is -2.43. The summed E-state index contributed by atoms with van der Waals surface area (Å²) in [7, 11) is 0. The first-order valence-corrected chi connectivity index (χ1v) is 12.5. The standard InChI is InChI=1S/C27H46N2/c1-4-5-6-7-8-9-10-11-12-13-14-18-21-28-22-23-29(25(2)3)27(28)24-26-19-16-15-17-20-26/h15-17,19-20,22-23,25,27H,4-14,18,21,24H2,1-3H3. The number of hydrogen-bond donors (Lipinski definition) is 0. The monoisotopic (exact) mass is 398 g/mol. The van der Waals surface area contributed by atoms with E-state index in [2.05, 4.69) is 73.3 Å². The van der Waals surface area contributed by atoms with E-state index in [0.29, 0.717) is 12.2 Å². The van der Waals surface area contributed by atoms with Gasteiger partial charge in [0.25, 0.3) is 0 Å². The molecule has 0 fully saturated rings. The van der Waals surface area contributed by atoms with Gasteiger partial charge in [0.1, 0.15) is 6.17 Å². The second-order valence-electron chi connectivity index (χ2n) is 9.14. The van der Waals surface area contributed by atoms with Gasteiger partial charge in [0.05, 0.1) is 0 Å². The molecule has 0 spiro atoms. The van der Waals surface area contributed by atoms with Crippen molar-refractivity contribution in [1.82, 2.24) is 9.80 Å². The van der Waals surface area contributed by atoms with Gasteiger partial charge in [-0.25, -0.2) is 0 Å². The van der Waals surface area contributed by atoms with Gasteiger partial charge in [0.2, 0.25) is 0 Å². The van der Waals surface area contributed by atoms with Crippen molar-refractivity contribution in [3.8, 4) is 0 Å². The molecule has 0 amide bonds. The molecule has 2 nitrogen and oxygen atoms in total. The van der Waals surface area contributed by atoms with Crippen molar-refractivity contribution in [3.05, 3.63) is 48.3 Å². The lowest BCUT2D eigenvalue weighted by atomic mass is 10.0. The third-order valence-electron chi connectivity index (χ3n) is 6.28. The SMILES string of the molecule is CCCCCCCCCCCCCCN1C=CN(C(C)C)C1Cc1ccccc1. The zero-order valence-corrected chi connectivity index (χ0v) is 19.5. The minimum absolute atomic E-state index is 0.477. The molecule has 2 heteroatoms. The topological polar surface area (TPSA) is 6.48 Å². The highest BCUT2D eigenvalue weighted by atomic mass is 15.4. The third kappa shape index (κ3) is 9.28.